The third kappa shape index (κ3) is 2.24. The maximum atomic E-state index is 11.2. The van der Waals surface area contributed by atoms with Gasteiger partial charge < -0.3 is 15.1 Å². The first-order valence-electron chi connectivity index (χ1n) is 5.66. The second-order valence-electron chi connectivity index (χ2n) is 4.30. The molecule has 1 aromatic rings. The molecule has 0 aliphatic carbocycles. The van der Waals surface area contributed by atoms with Gasteiger partial charge in [0.25, 0.3) is 0 Å². The fourth-order valence-electron chi connectivity index (χ4n) is 2.21. The van der Waals surface area contributed by atoms with Gasteiger partial charge in [-0.05, 0) is 6.07 Å². The van der Waals surface area contributed by atoms with E-state index in [-0.39, 0.29) is 24.3 Å². The molecule has 0 bridgehead atoms. The number of pyridine rings is 1. The Hall–Kier alpha value is -2.73. The first kappa shape index (κ1) is 13.7. The highest BCUT2D eigenvalue weighted by molar-refractivity contribution is 5.81. The maximum Gasteiger partial charge on any atom is 0.329 e. The minimum atomic E-state index is -1.21. The molecule has 2 heterocycles. The van der Waals surface area contributed by atoms with Crippen molar-refractivity contribution in [3.8, 4) is 6.07 Å². The van der Waals surface area contributed by atoms with Crippen molar-refractivity contribution in [1.82, 2.24) is 4.98 Å². The Morgan fingerprint density at radius 2 is 2.35 bits per heavy atom. The van der Waals surface area contributed by atoms with Gasteiger partial charge in [0.1, 0.15) is 17.7 Å². The average Bonchev–Trinajstić information content (AvgIpc) is 2.79. The van der Waals surface area contributed by atoms with Crippen LogP contribution in [0.15, 0.2) is 12.3 Å². The predicted molar refractivity (Wildman–Crippen MR) is 65.0 cm³/mol. The summed E-state index contributed by atoms with van der Waals surface area (Å²) in [5.74, 6) is -1.42. The van der Waals surface area contributed by atoms with Crippen LogP contribution < -0.4 is 4.90 Å². The van der Waals surface area contributed by atoms with Crippen molar-refractivity contribution >= 4 is 17.5 Å². The number of nitriles is 1. The van der Waals surface area contributed by atoms with Gasteiger partial charge in [-0.1, -0.05) is 0 Å². The Balaban J connectivity index is 2.55. The highest BCUT2D eigenvalue weighted by atomic mass is 16.6. The normalized spacial score (nSPS) is 21.5. The molecule has 20 heavy (non-hydrogen) atoms. The molecule has 0 saturated carbocycles. The summed E-state index contributed by atoms with van der Waals surface area (Å²) in [5, 5.41) is 38.7. The molecular formula is C11H10N4O5. The number of aromatic nitrogens is 1. The molecule has 1 aromatic heterocycles. The van der Waals surface area contributed by atoms with Gasteiger partial charge in [-0.25, -0.2) is 9.78 Å². The van der Waals surface area contributed by atoms with E-state index in [1.165, 1.54) is 12.3 Å². The zero-order valence-corrected chi connectivity index (χ0v) is 10.1. The quantitative estimate of drug-likeness (QED) is 0.576. The Labute approximate surface area is 112 Å². The van der Waals surface area contributed by atoms with Gasteiger partial charge in [0.2, 0.25) is 5.82 Å². The zero-order valence-electron chi connectivity index (χ0n) is 10.1. The number of hydrogen-bond acceptors (Lipinski definition) is 7. The number of aliphatic carboxylic acids is 1. The first-order chi connectivity index (χ1) is 9.45. The van der Waals surface area contributed by atoms with Gasteiger partial charge in [0.05, 0.1) is 11.0 Å². The van der Waals surface area contributed by atoms with E-state index in [1.807, 2.05) is 0 Å². The second-order valence-corrected chi connectivity index (χ2v) is 4.30. The lowest BCUT2D eigenvalue weighted by Gasteiger charge is -2.21. The average molecular weight is 278 g/mol. The summed E-state index contributed by atoms with van der Waals surface area (Å²) in [7, 11) is 0. The number of carboxylic acids is 1. The summed E-state index contributed by atoms with van der Waals surface area (Å²) < 4.78 is 0. The van der Waals surface area contributed by atoms with E-state index in [0.29, 0.717) is 0 Å². The van der Waals surface area contributed by atoms with E-state index >= 15 is 0 Å². The van der Waals surface area contributed by atoms with Crippen molar-refractivity contribution in [2.75, 3.05) is 11.4 Å². The third-order valence-electron chi connectivity index (χ3n) is 3.04. The Morgan fingerprint density at radius 3 is 2.90 bits per heavy atom. The minimum Gasteiger partial charge on any atom is -0.480 e. The van der Waals surface area contributed by atoms with E-state index < -0.39 is 28.7 Å². The molecule has 1 aliphatic rings. The van der Waals surface area contributed by atoms with Crippen molar-refractivity contribution in [3.05, 3.63) is 27.9 Å². The Kier molecular flexibility index (Phi) is 3.49. The van der Waals surface area contributed by atoms with Gasteiger partial charge in [-0.2, -0.15) is 5.26 Å². The molecule has 1 fully saturated rings. The summed E-state index contributed by atoms with van der Waals surface area (Å²) in [5.41, 5.74) is -0.749. The van der Waals surface area contributed by atoms with Crippen molar-refractivity contribution in [2.24, 2.45) is 0 Å². The van der Waals surface area contributed by atoms with Crippen molar-refractivity contribution < 1.29 is 19.9 Å². The fourth-order valence-corrected chi connectivity index (χ4v) is 2.21. The highest BCUT2D eigenvalue weighted by Crippen LogP contribution is 2.33. The number of nitro groups is 1. The highest BCUT2D eigenvalue weighted by Gasteiger charge is 2.40. The molecular weight excluding hydrogens is 268 g/mol. The van der Waals surface area contributed by atoms with E-state index in [4.69, 9.17) is 10.4 Å². The summed E-state index contributed by atoms with van der Waals surface area (Å²) in [6.45, 7) is -0.0836. The van der Waals surface area contributed by atoms with Gasteiger partial charge in [-0.15, -0.1) is 0 Å². The van der Waals surface area contributed by atoms with Crippen LogP contribution in [0.25, 0.3) is 0 Å². The predicted octanol–water partition coefficient (Wildman–Crippen LogP) is -0.114. The van der Waals surface area contributed by atoms with Crippen molar-refractivity contribution in [3.63, 3.8) is 0 Å². The van der Waals surface area contributed by atoms with Crippen LogP contribution in [-0.2, 0) is 4.79 Å². The van der Waals surface area contributed by atoms with E-state index in [0.717, 1.165) is 4.90 Å². The standard InChI is InChI=1S/C11H10N4O5/c12-4-6-1-2-13-10(9(6)15(19)20)14-5-7(16)3-8(14)11(17)18/h1-2,7-8,16H,3,5H2,(H,17,18). The number of hydrogen-bond donors (Lipinski definition) is 2. The smallest absolute Gasteiger partial charge is 0.329 e. The van der Waals surface area contributed by atoms with Crippen LogP contribution >= 0.6 is 0 Å². The lowest BCUT2D eigenvalue weighted by molar-refractivity contribution is -0.384. The van der Waals surface area contributed by atoms with Gasteiger partial charge >= 0.3 is 11.7 Å². The molecule has 1 aliphatic heterocycles. The summed E-state index contributed by atoms with van der Waals surface area (Å²) in [6, 6.07) is 1.76. The second kappa shape index (κ2) is 5.10. The van der Waals surface area contributed by atoms with Crippen LogP contribution in [-0.4, -0.2) is 44.8 Å². The number of nitrogens with zero attached hydrogens (tertiary/aromatic N) is 4. The molecule has 2 rings (SSSR count). The molecule has 0 radical (unpaired) electrons. The number of carbonyl (C=O) groups is 1. The fraction of sp³-hybridized carbons (Fsp3) is 0.364. The number of aliphatic hydroxyl groups excluding tert-OH is 1. The summed E-state index contributed by atoms with van der Waals surface area (Å²) >= 11 is 0. The number of β-amino-alcohol motifs (C(OH)–C–C–N with tert-alkyl or cyclic N) is 1. The van der Waals surface area contributed by atoms with Crippen LogP contribution in [0.4, 0.5) is 11.5 Å². The molecule has 9 heteroatoms. The van der Waals surface area contributed by atoms with Crippen molar-refractivity contribution in [1.29, 1.82) is 5.26 Å². The lowest BCUT2D eigenvalue weighted by atomic mass is 10.2. The third-order valence-corrected chi connectivity index (χ3v) is 3.04. The SMILES string of the molecule is N#Cc1ccnc(N2CC(O)CC2C(=O)O)c1[N+](=O)[O-]. The van der Waals surface area contributed by atoms with Crippen LogP contribution in [0.5, 0.6) is 0 Å². The number of carboxylic acid groups (broad SMARTS) is 1. The van der Waals surface area contributed by atoms with Crippen LogP contribution in [0.3, 0.4) is 0 Å². The number of rotatable bonds is 3. The molecule has 104 valence electrons. The number of anilines is 1. The van der Waals surface area contributed by atoms with Crippen molar-refractivity contribution in [2.45, 2.75) is 18.6 Å². The molecule has 0 aromatic carbocycles. The molecule has 9 nitrogen and oxygen atoms in total. The monoisotopic (exact) mass is 278 g/mol. The van der Waals surface area contributed by atoms with E-state index in [1.54, 1.807) is 6.07 Å². The topological polar surface area (TPSA) is 141 Å². The van der Waals surface area contributed by atoms with Gasteiger partial charge in [0.15, 0.2) is 0 Å². The molecule has 0 spiro atoms. The molecule has 0 amide bonds. The Bertz CT molecular complexity index is 611. The molecule has 2 atom stereocenters. The van der Waals surface area contributed by atoms with Gasteiger partial charge in [0, 0.05) is 19.2 Å². The van der Waals surface area contributed by atoms with Crippen LogP contribution in [0.2, 0.25) is 0 Å². The molecule has 2 unspecified atom stereocenters. The van der Waals surface area contributed by atoms with Gasteiger partial charge in [-0.3, -0.25) is 10.1 Å². The maximum absolute atomic E-state index is 11.2. The lowest BCUT2D eigenvalue weighted by Crippen LogP contribution is -2.37. The van der Waals surface area contributed by atoms with Crippen LogP contribution in [0, 0.1) is 21.4 Å². The Morgan fingerprint density at radius 1 is 1.65 bits per heavy atom. The van der Waals surface area contributed by atoms with Crippen LogP contribution in [0.1, 0.15) is 12.0 Å². The summed E-state index contributed by atoms with van der Waals surface area (Å²) in [6.07, 6.45) is 0.235. The largest absolute Gasteiger partial charge is 0.480 e. The molecule has 2 N–H and O–H groups in total. The van der Waals surface area contributed by atoms with E-state index in [9.17, 15) is 20.0 Å². The van der Waals surface area contributed by atoms with E-state index in [2.05, 4.69) is 4.98 Å². The first-order valence-corrected chi connectivity index (χ1v) is 5.66. The zero-order chi connectivity index (χ0) is 14.9. The summed E-state index contributed by atoms with van der Waals surface area (Å²) in [4.78, 5) is 26.4. The minimum absolute atomic E-state index is 0.0506. The number of aliphatic hydroxyl groups is 1. The molecule has 1 saturated heterocycles.